The lowest BCUT2D eigenvalue weighted by molar-refractivity contribution is -0.385. The van der Waals surface area contributed by atoms with Gasteiger partial charge in [-0.15, -0.1) is 5.10 Å². The Labute approximate surface area is 172 Å². The van der Waals surface area contributed by atoms with E-state index >= 15 is 0 Å². The van der Waals surface area contributed by atoms with Crippen LogP contribution in [0.3, 0.4) is 0 Å². The van der Waals surface area contributed by atoms with E-state index in [1.54, 1.807) is 6.92 Å². The van der Waals surface area contributed by atoms with Crippen molar-refractivity contribution in [2.45, 2.75) is 32.9 Å². The minimum atomic E-state index is -4.72. The number of aromatic nitrogens is 4. The minimum absolute atomic E-state index is 0.0740. The smallest absolute Gasteiger partial charge is 0.453 e. The number of nitro benzene ring substituents is 1. The topological polar surface area (TPSA) is 122 Å². The highest BCUT2D eigenvalue weighted by Crippen LogP contribution is 2.31. The average Bonchev–Trinajstić information content (AvgIpc) is 3.12. The van der Waals surface area contributed by atoms with Crippen LogP contribution in [0.4, 0.5) is 18.9 Å². The molecule has 0 aliphatic rings. The first kappa shape index (κ1) is 21.9. The van der Waals surface area contributed by atoms with Crippen molar-refractivity contribution in [1.82, 2.24) is 19.6 Å². The van der Waals surface area contributed by atoms with Crippen molar-refractivity contribution in [2.75, 3.05) is 7.11 Å². The molecule has 0 amide bonds. The van der Waals surface area contributed by atoms with Gasteiger partial charge in [-0.1, -0.05) is 0 Å². The Balaban J connectivity index is 1.80. The molecule has 0 atom stereocenters. The molecule has 2 aromatic heterocycles. The number of hydrogen-bond donors (Lipinski definition) is 0. The molecule has 10 nitrogen and oxygen atoms in total. The highest BCUT2D eigenvalue weighted by Gasteiger charge is 2.37. The molecule has 13 heteroatoms. The van der Waals surface area contributed by atoms with Crippen LogP contribution in [0.5, 0.6) is 11.5 Å². The number of fused-ring (bicyclic) bond motifs is 1. The van der Waals surface area contributed by atoms with Crippen molar-refractivity contribution in [1.29, 1.82) is 0 Å². The predicted molar refractivity (Wildman–Crippen MR) is 98.9 cm³/mol. The van der Waals surface area contributed by atoms with Crippen LogP contribution in [0.25, 0.3) is 5.78 Å². The summed E-state index contributed by atoms with van der Waals surface area (Å²) in [5.41, 5.74) is 0.779. The summed E-state index contributed by atoms with van der Waals surface area (Å²) in [5.74, 6) is -2.30. The van der Waals surface area contributed by atoms with Crippen molar-refractivity contribution in [3.63, 3.8) is 0 Å². The normalized spacial score (nSPS) is 11.5. The number of carbonyl (C=O) groups is 1. The molecular formula is C18H16F3N5O5. The zero-order valence-corrected chi connectivity index (χ0v) is 16.6. The number of rotatable bonds is 6. The molecule has 0 radical (unpaired) electrons. The van der Waals surface area contributed by atoms with Gasteiger partial charge < -0.3 is 9.47 Å². The lowest BCUT2D eigenvalue weighted by Crippen LogP contribution is -2.13. The number of hydrogen-bond acceptors (Lipinski definition) is 8. The van der Waals surface area contributed by atoms with E-state index in [-0.39, 0.29) is 30.1 Å². The number of aryl methyl sites for hydroxylation is 2. The SMILES string of the molecule is COc1ccc(OC(=O)CCc2c(C)nc3nc(C(F)(F)F)nn3c2C)c([N+](=O)[O-])c1. The Bertz CT molecular complexity index is 1180. The molecule has 0 aliphatic carbocycles. The largest absolute Gasteiger partial charge is 0.496 e. The summed E-state index contributed by atoms with van der Waals surface area (Å²) in [6, 6.07) is 3.77. The number of nitrogens with zero attached hydrogens (tertiary/aromatic N) is 5. The van der Waals surface area contributed by atoms with Gasteiger partial charge in [-0.05, 0) is 38.0 Å². The van der Waals surface area contributed by atoms with Gasteiger partial charge >= 0.3 is 17.8 Å². The number of esters is 1. The molecule has 0 unspecified atom stereocenters. The first-order chi connectivity index (χ1) is 14.5. The Kier molecular flexibility index (Phi) is 5.77. The number of carbonyl (C=O) groups excluding carboxylic acids is 1. The van der Waals surface area contributed by atoms with E-state index in [1.165, 1.54) is 26.2 Å². The monoisotopic (exact) mass is 439 g/mol. The summed E-state index contributed by atoms with van der Waals surface area (Å²) >= 11 is 0. The average molecular weight is 439 g/mol. The number of nitro groups is 1. The van der Waals surface area contributed by atoms with Crippen LogP contribution in [0.2, 0.25) is 0 Å². The molecule has 0 fully saturated rings. The summed E-state index contributed by atoms with van der Waals surface area (Å²) < 4.78 is 49.6. The van der Waals surface area contributed by atoms with Gasteiger partial charge in [0, 0.05) is 11.4 Å². The van der Waals surface area contributed by atoms with Crippen molar-refractivity contribution in [2.24, 2.45) is 0 Å². The molecule has 3 rings (SSSR count). The highest BCUT2D eigenvalue weighted by atomic mass is 19.4. The molecule has 0 spiro atoms. The molecule has 31 heavy (non-hydrogen) atoms. The molecular weight excluding hydrogens is 423 g/mol. The van der Waals surface area contributed by atoms with Crippen LogP contribution in [0.15, 0.2) is 18.2 Å². The Hall–Kier alpha value is -3.77. The zero-order valence-electron chi connectivity index (χ0n) is 16.6. The van der Waals surface area contributed by atoms with Gasteiger partial charge in [-0.25, -0.2) is 9.50 Å². The third-order valence-electron chi connectivity index (χ3n) is 4.47. The Morgan fingerprint density at radius 3 is 2.58 bits per heavy atom. The first-order valence-electron chi connectivity index (χ1n) is 8.84. The van der Waals surface area contributed by atoms with E-state index in [0.29, 0.717) is 17.0 Å². The number of methoxy groups -OCH3 is 1. The second kappa shape index (κ2) is 8.16. The maximum atomic E-state index is 12.9. The van der Waals surface area contributed by atoms with Gasteiger partial charge in [0.05, 0.1) is 24.5 Å². The molecule has 0 saturated carbocycles. The third-order valence-corrected chi connectivity index (χ3v) is 4.47. The zero-order chi connectivity index (χ0) is 22.9. The number of benzene rings is 1. The van der Waals surface area contributed by atoms with Gasteiger partial charge in [0.25, 0.3) is 11.6 Å². The molecule has 0 aliphatic heterocycles. The Morgan fingerprint density at radius 1 is 1.26 bits per heavy atom. The number of halogens is 3. The van der Waals surface area contributed by atoms with E-state index in [4.69, 9.17) is 9.47 Å². The maximum absolute atomic E-state index is 12.9. The molecule has 0 N–H and O–H groups in total. The predicted octanol–water partition coefficient (Wildman–Crippen LogP) is 3.21. The van der Waals surface area contributed by atoms with Crippen LogP contribution in [-0.4, -0.2) is 37.6 Å². The minimum Gasteiger partial charge on any atom is -0.496 e. The third kappa shape index (κ3) is 4.54. The molecule has 3 aromatic rings. The van der Waals surface area contributed by atoms with Crippen LogP contribution in [-0.2, 0) is 17.4 Å². The van der Waals surface area contributed by atoms with E-state index in [2.05, 4.69) is 15.1 Å². The lowest BCUT2D eigenvalue weighted by atomic mass is 10.1. The van der Waals surface area contributed by atoms with Crippen molar-refractivity contribution >= 4 is 17.4 Å². The lowest BCUT2D eigenvalue weighted by Gasteiger charge is -2.10. The van der Waals surface area contributed by atoms with E-state index in [0.717, 1.165) is 10.6 Å². The quantitative estimate of drug-likeness (QED) is 0.248. The fourth-order valence-corrected chi connectivity index (χ4v) is 2.94. The molecule has 0 bridgehead atoms. The number of ether oxygens (including phenoxy) is 2. The summed E-state index contributed by atoms with van der Waals surface area (Å²) in [7, 11) is 1.34. The van der Waals surface area contributed by atoms with Crippen LogP contribution in [0, 0.1) is 24.0 Å². The fourth-order valence-electron chi connectivity index (χ4n) is 2.94. The summed E-state index contributed by atoms with van der Waals surface area (Å²) in [6.07, 6.45) is -4.84. The molecule has 0 saturated heterocycles. The number of alkyl halides is 3. The van der Waals surface area contributed by atoms with Crippen molar-refractivity contribution in [3.8, 4) is 11.5 Å². The van der Waals surface area contributed by atoms with E-state index < -0.39 is 28.6 Å². The molecule has 2 heterocycles. The van der Waals surface area contributed by atoms with Crippen molar-refractivity contribution < 1.29 is 32.4 Å². The molecule has 164 valence electrons. The summed E-state index contributed by atoms with van der Waals surface area (Å²) in [6.45, 7) is 3.11. The highest BCUT2D eigenvalue weighted by molar-refractivity contribution is 5.74. The van der Waals surface area contributed by atoms with Gasteiger partial charge in [0.2, 0.25) is 5.75 Å². The van der Waals surface area contributed by atoms with Gasteiger partial charge in [-0.2, -0.15) is 18.2 Å². The van der Waals surface area contributed by atoms with Crippen molar-refractivity contribution in [3.05, 3.63) is 51.1 Å². The van der Waals surface area contributed by atoms with E-state index in [1.807, 2.05) is 0 Å². The van der Waals surface area contributed by atoms with Crippen LogP contribution >= 0.6 is 0 Å². The van der Waals surface area contributed by atoms with Crippen LogP contribution < -0.4 is 9.47 Å². The maximum Gasteiger partial charge on any atom is 0.453 e. The first-order valence-corrected chi connectivity index (χ1v) is 8.84. The van der Waals surface area contributed by atoms with Gasteiger partial charge in [-0.3, -0.25) is 14.9 Å². The standard InChI is InChI=1S/C18H16F3N5O5/c1-9-12(10(2)25-17(22-9)23-16(24-25)18(19,20)21)5-7-15(27)31-14-6-4-11(30-3)8-13(14)26(28)29/h4,6,8H,5,7H2,1-3H3. The second-order valence-corrected chi connectivity index (χ2v) is 6.47. The summed E-state index contributed by atoms with van der Waals surface area (Å²) in [4.78, 5) is 30.2. The van der Waals surface area contributed by atoms with Gasteiger partial charge in [0.1, 0.15) is 5.75 Å². The Morgan fingerprint density at radius 2 is 1.97 bits per heavy atom. The van der Waals surface area contributed by atoms with Gasteiger partial charge in [0.15, 0.2) is 0 Å². The summed E-state index contributed by atoms with van der Waals surface area (Å²) in [5, 5.41) is 14.6. The van der Waals surface area contributed by atoms with Crippen LogP contribution in [0.1, 0.15) is 29.2 Å². The fraction of sp³-hybridized carbons (Fsp3) is 0.333. The molecule has 1 aromatic carbocycles. The second-order valence-electron chi connectivity index (χ2n) is 6.47. The van der Waals surface area contributed by atoms with E-state index in [9.17, 15) is 28.1 Å².